The maximum Gasteiger partial charge on any atom is 0.321 e. The fourth-order valence-electron chi connectivity index (χ4n) is 2.14. The summed E-state index contributed by atoms with van der Waals surface area (Å²) in [5.74, 6) is -0.234. The average molecular weight is 369 g/mol. The van der Waals surface area contributed by atoms with Gasteiger partial charge in [-0.05, 0) is 29.3 Å². The van der Waals surface area contributed by atoms with Gasteiger partial charge < -0.3 is 14.9 Å². The molecule has 0 atom stereocenters. The van der Waals surface area contributed by atoms with E-state index in [4.69, 9.17) is 9.57 Å². The van der Waals surface area contributed by atoms with Crippen LogP contribution < -0.4 is 15.5 Å². The summed E-state index contributed by atoms with van der Waals surface area (Å²) in [6, 6.07) is 15.2. The normalized spacial score (nSPS) is 10.9. The van der Waals surface area contributed by atoms with E-state index < -0.39 is 5.91 Å². The van der Waals surface area contributed by atoms with E-state index in [1.165, 1.54) is 14.2 Å². The Morgan fingerprint density at radius 2 is 1.93 bits per heavy atom. The topological polar surface area (TPSA) is 81.2 Å². The zero-order chi connectivity index (χ0) is 19.6. The number of amides is 1. The number of hydroxylamine groups is 1. The highest BCUT2D eigenvalue weighted by molar-refractivity contribution is 6.35. The van der Waals surface area contributed by atoms with Crippen molar-refractivity contribution >= 4 is 17.5 Å². The lowest BCUT2D eigenvalue weighted by Gasteiger charge is -2.14. The molecule has 0 saturated heterocycles. The molecule has 0 saturated carbocycles. The van der Waals surface area contributed by atoms with Gasteiger partial charge in [-0.15, -0.1) is 0 Å². The molecule has 0 aromatic heterocycles. The van der Waals surface area contributed by atoms with Gasteiger partial charge in [0.2, 0.25) is 0 Å². The molecule has 0 fully saturated rings. The number of aryl methyl sites for hydroxylation is 1. The van der Waals surface area contributed by atoms with Crippen LogP contribution in [0.3, 0.4) is 0 Å². The van der Waals surface area contributed by atoms with Crippen molar-refractivity contribution in [2.24, 2.45) is 5.16 Å². The first-order valence-electron chi connectivity index (χ1n) is 8.28. The number of carbonyl (C=O) groups is 1. The largest absolute Gasteiger partial charge is 0.432 e. The van der Waals surface area contributed by atoms with Crippen molar-refractivity contribution in [3.05, 3.63) is 71.8 Å². The molecule has 2 aromatic rings. The van der Waals surface area contributed by atoms with Gasteiger partial charge in [-0.2, -0.15) is 0 Å². The third-order valence-electron chi connectivity index (χ3n) is 3.62. The summed E-state index contributed by atoms with van der Waals surface area (Å²) in [7, 11) is 2.82. The van der Waals surface area contributed by atoms with Gasteiger partial charge in [-0.3, -0.25) is 15.1 Å². The lowest BCUT2D eigenvalue weighted by Crippen LogP contribution is -2.32. The van der Waals surface area contributed by atoms with Gasteiger partial charge in [-0.25, -0.2) is 0 Å². The second-order valence-electron chi connectivity index (χ2n) is 5.60. The van der Waals surface area contributed by atoms with Gasteiger partial charge in [0.25, 0.3) is 0 Å². The molecule has 1 amide bonds. The highest BCUT2D eigenvalue weighted by atomic mass is 16.6. The minimum Gasteiger partial charge on any atom is -0.432 e. The summed E-state index contributed by atoms with van der Waals surface area (Å²) >= 11 is 0. The Kier molecular flexibility index (Phi) is 7.39. The summed E-state index contributed by atoms with van der Waals surface area (Å²) in [4.78, 5) is 22.0. The molecule has 0 aliphatic rings. The molecule has 2 N–H and O–H groups in total. The number of rotatable bonds is 7. The first-order valence-corrected chi connectivity index (χ1v) is 8.28. The number of nitrogens with zero attached hydrogens (tertiary/aromatic N) is 1. The SMILES string of the molecule is C=C(NOCc1ccccc1)c1ccc(C)c(OC(=NOC)C(=O)NC)c1. The van der Waals surface area contributed by atoms with Gasteiger partial charge >= 0.3 is 11.8 Å². The predicted octanol–water partition coefficient (Wildman–Crippen LogP) is 2.77. The molecular weight excluding hydrogens is 346 g/mol. The Morgan fingerprint density at radius 3 is 2.59 bits per heavy atom. The number of hydrogen-bond acceptors (Lipinski definition) is 6. The van der Waals surface area contributed by atoms with Crippen LogP contribution in [0.25, 0.3) is 5.70 Å². The number of ether oxygens (including phenoxy) is 1. The minimum absolute atomic E-state index is 0.195. The number of nitrogens with one attached hydrogen (secondary N) is 2. The van der Waals surface area contributed by atoms with Crippen LogP contribution in [-0.2, 0) is 21.1 Å². The standard InChI is InChI=1S/C20H23N3O4/c1-14-10-11-17(12-18(14)27-20(23-25-4)19(24)21-3)15(2)22-26-13-16-8-6-5-7-9-16/h5-12,22H,2,13H2,1,3-4H3,(H,21,24). The van der Waals surface area contributed by atoms with Gasteiger partial charge in [0, 0.05) is 12.6 Å². The maximum absolute atomic E-state index is 11.8. The van der Waals surface area contributed by atoms with E-state index in [9.17, 15) is 4.79 Å². The van der Waals surface area contributed by atoms with Crippen molar-refractivity contribution < 1.29 is 19.2 Å². The van der Waals surface area contributed by atoms with Crippen LogP contribution >= 0.6 is 0 Å². The van der Waals surface area contributed by atoms with Crippen LogP contribution in [0, 0.1) is 6.92 Å². The summed E-state index contributed by atoms with van der Waals surface area (Å²) in [6.45, 7) is 6.22. The third kappa shape index (κ3) is 5.86. The van der Waals surface area contributed by atoms with E-state index in [0.29, 0.717) is 18.1 Å². The molecular formula is C20H23N3O4. The highest BCUT2D eigenvalue weighted by Gasteiger charge is 2.15. The predicted molar refractivity (Wildman–Crippen MR) is 104 cm³/mol. The number of oxime groups is 1. The Hall–Kier alpha value is -3.32. The van der Waals surface area contributed by atoms with Crippen LogP contribution in [0.4, 0.5) is 0 Å². The maximum atomic E-state index is 11.8. The molecule has 2 aromatic carbocycles. The van der Waals surface area contributed by atoms with Crippen molar-refractivity contribution in [2.45, 2.75) is 13.5 Å². The van der Waals surface area contributed by atoms with E-state index in [-0.39, 0.29) is 5.90 Å². The van der Waals surface area contributed by atoms with E-state index >= 15 is 0 Å². The number of carbonyl (C=O) groups excluding carboxylic acids is 1. The Labute approximate surface area is 158 Å². The zero-order valence-electron chi connectivity index (χ0n) is 15.6. The molecule has 0 aliphatic heterocycles. The molecule has 0 radical (unpaired) electrons. The molecule has 0 aliphatic carbocycles. The number of benzene rings is 2. The first kappa shape index (κ1) is 20.0. The molecule has 7 heteroatoms. The molecule has 0 spiro atoms. The van der Waals surface area contributed by atoms with Crippen LogP contribution in [0.15, 0.2) is 60.3 Å². The van der Waals surface area contributed by atoms with Crippen LogP contribution in [0.2, 0.25) is 0 Å². The Balaban J connectivity index is 2.05. The summed E-state index contributed by atoms with van der Waals surface area (Å²) in [6.07, 6.45) is 0. The number of likely N-dealkylation sites (N-methyl/N-ethyl adjacent to an activating group) is 1. The minimum atomic E-state index is -0.496. The average Bonchev–Trinajstić information content (AvgIpc) is 2.69. The fourth-order valence-corrected chi connectivity index (χ4v) is 2.14. The molecule has 142 valence electrons. The fraction of sp³-hybridized carbons (Fsp3) is 0.200. The van der Waals surface area contributed by atoms with Crippen LogP contribution in [-0.4, -0.2) is 26.0 Å². The van der Waals surface area contributed by atoms with Crippen molar-refractivity contribution in [1.29, 1.82) is 0 Å². The van der Waals surface area contributed by atoms with E-state index in [2.05, 4.69) is 27.4 Å². The molecule has 0 bridgehead atoms. The highest BCUT2D eigenvalue weighted by Crippen LogP contribution is 2.23. The zero-order valence-corrected chi connectivity index (χ0v) is 15.6. The van der Waals surface area contributed by atoms with E-state index in [1.807, 2.05) is 49.4 Å². The van der Waals surface area contributed by atoms with E-state index in [0.717, 1.165) is 16.7 Å². The third-order valence-corrected chi connectivity index (χ3v) is 3.62. The van der Waals surface area contributed by atoms with E-state index in [1.54, 1.807) is 6.07 Å². The Morgan fingerprint density at radius 1 is 1.19 bits per heavy atom. The summed E-state index contributed by atoms with van der Waals surface area (Å²) in [5.41, 5.74) is 5.99. The molecule has 2 rings (SSSR count). The molecule has 0 heterocycles. The van der Waals surface area contributed by atoms with Crippen molar-refractivity contribution in [2.75, 3.05) is 14.2 Å². The van der Waals surface area contributed by atoms with Gasteiger partial charge in [0.15, 0.2) is 0 Å². The smallest absolute Gasteiger partial charge is 0.321 e. The first-order chi connectivity index (χ1) is 13.0. The summed E-state index contributed by atoms with van der Waals surface area (Å²) in [5, 5.41) is 6.05. The van der Waals surface area contributed by atoms with Crippen LogP contribution in [0.1, 0.15) is 16.7 Å². The second-order valence-corrected chi connectivity index (χ2v) is 5.60. The van der Waals surface area contributed by atoms with Gasteiger partial charge in [0.05, 0.1) is 12.3 Å². The van der Waals surface area contributed by atoms with Crippen molar-refractivity contribution in [3.8, 4) is 5.75 Å². The van der Waals surface area contributed by atoms with Crippen LogP contribution in [0.5, 0.6) is 5.75 Å². The molecule has 0 unspecified atom stereocenters. The molecule has 7 nitrogen and oxygen atoms in total. The Bertz CT molecular complexity index is 819. The lowest BCUT2D eigenvalue weighted by atomic mass is 10.1. The molecule has 27 heavy (non-hydrogen) atoms. The second kappa shape index (κ2) is 9.98. The van der Waals surface area contributed by atoms with Gasteiger partial charge in [-0.1, -0.05) is 49.0 Å². The number of hydrogen-bond donors (Lipinski definition) is 2. The lowest BCUT2D eigenvalue weighted by molar-refractivity contribution is -0.115. The summed E-state index contributed by atoms with van der Waals surface area (Å²) < 4.78 is 5.61. The van der Waals surface area contributed by atoms with Crippen molar-refractivity contribution in [1.82, 2.24) is 10.8 Å². The monoisotopic (exact) mass is 369 g/mol. The van der Waals surface area contributed by atoms with Crippen molar-refractivity contribution in [3.63, 3.8) is 0 Å². The quantitative estimate of drug-likeness (QED) is 0.446. The van der Waals surface area contributed by atoms with Gasteiger partial charge in [0.1, 0.15) is 12.9 Å².